The molecule has 3 N–H and O–H groups in total. The molecule has 3 aromatic rings. The summed E-state index contributed by atoms with van der Waals surface area (Å²) in [6, 6.07) is 13.2. The zero-order chi connectivity index (χ0) is 16.4. The van der Waals surface area contributed by atoms with E-state index in [1.807, 2.05) is 0 Å². The van der Waals surface area contributed by atoms with Gasteiger partial charge in [-0.1, -0.05) is 6.07 Å². The molecule has 1 aliphatic heterocycles. The van der Waals surface area contributed by atoms with Crippen LogP contribution in [0.3, 0.4) is 0 Å². The molecule has 0 amide bonds. The Morgan fingerprint density at radius 1 is 1.17 bits per heavy atom. The summed E-state index contributed by atoms with van der Waals surface area (Å²) >= 11 is 0. The molecule has 3 heterocycles. The normalized spacial score (nSPS) is 18.1. The van der Waals surface area contributed by atoms with Gasteiger partial charge in [-0.05, 0) is 56.6 Å². The number of hydrogen-bond donors (Lipinski definition) is 3. The zero-order valence-corrected chi connectivity index (χ0v) is 14.0. The number of aryl methyl sites for hydroxylation is 1. The molecule has 0 aliphatic carbocycles. The number of benzene rings is 1. The van der Waals surface area contributed by atoms with E-state index in [0.29, 0.717) is 6.04 Å². The van der Waals surface area contributed by atoms with Gasteiger partial charge in [0.25, 0.3) is 0 Å². The van der Waals surface area contributed by atoms with Crippen LogP contribution in [0, 0.1) is 6.92 Å². The van der Waals surface area contributed by atoms with E-state index in [2.05, 4.69) is 69.1 Å². The van der Waals surface area contributed by atoms with Crippen molar-refractivity contribution in [3.8, 4) is 11.3 Å². The topological polar surface area (TPSA) is 65.6 Å². The fourth-order valence-corrected chi connectivity index (χ4v) is 3.32. The molecule has 4 rings (SSSR count). The van der Waals surface area contributed by atoms with Crippen LogP contribution < -0.4 is 10.6 Å². The molecule has 124 valence electrons. The first-order valence-corrected chi connectivity index (χ1v) is 8.64. The number of aromatic nitrogens is 3. The molecule has 2 aromatic heterocycles. The van der Waals surface area contributed by atoms with E-state index in [4.69, 9.17) is 0 Å². The SMILES string of the molecule is Cc1cc2cc(-c3ccc(CNC4CCCNC4)nn3)ccc2[nH]1. The van der Waals surface area contributed by atoms with Gasteiger partial charge >= 0.3 is 0 Å². The lowest BCUT2D eigenvalue weighted by atomic mass is 10.1. The molecule has 1 atom stereocenters. The van der Waals surface area contributed by atoms with Gasteiger partial charge in [0.15, 0.2) is 0 Å². The summed E-state index contributed by atoms with van der Waals surface area (Å²) in [6.45, 7) is 5.03. The number of hydrogen-bond acceptors (Lipinski definition) is 4. The largest absolute Gasteiger partial charge is 0.359 e. The summed E-state index contributed by atoms with van der Waals surface area (Å²) in [5.41, 5.74) is 5.34. The van der Waals surface area contributed by atoms with Crippen molar-refractivity contribution >= 4 is 10.9 Å². The number of nitrogens with zero attached hydrogens (tertiary/aromatic N) is 2. The maximum atomic E-state index is 4.41. The summed E-state index contributed by atoms with van der Waals surface area (Å²) in [5, 5.41) is 17.0. The molecule has 0 radical (unpaired) electrons. The van der Waals surface area contributed by atoms with E-state index in [-0.39, 0.29) is 0 Å². The first-order valence-electron chi connectivity index (χ1n) is 8.64. The molecule has 5 heteroatoms. The lowest BCUT2D eigenvalue weighted by Gasteiger charge is -2.23. The van der Waals surface area contributed by atoms with Crippen molar-refractivity contribution in [1.29, 1.82) is 0 Å². The Morgan fingerprint density at radius 2 is 2.12 bits per heavy atom. The highest BCUT2D eigenvalue weighted by Gasteiger charge is 2.12. The van der Waals surface area contributed by atoms with E-state index in [9.17, 15) is 0 Å². The molecule has 1 aliphatic rings. The van der Waals surface area contributed by atoms with E-state index in [0.717, 1.165) is 42.1 Å². The summed E-state index contributed by atoms with van der Waals surface area (Å²) in [4.78, 5) is 3.34. The molecule has 1 saturated heterocycles. The van der Waals surface area contributed by atoms with Crippen LogP contribution in [0.1, 0.15) is 24.2 Å². The maximum Gasteiger partial charge on any atom is 0.0930 e. The molecule has 0 bridgehead atoms. The molecule has 1 fully saturated rings. The highest BCUT2D eigenvalue weighted by molar-refractivity contribution is 5.85. The quantitative estimate of drug-likeness (QED) is 0.691. The molecular formula is C19H23N5. The minimum Gasteiger partial charge on any atom is -0.359 e. The van der Waals surface area contributed by atoms with Crippen molar-refractivity contribution in [3.05, 3.63) is 47.8 Å². The predicted molar refractivity (Wildman–Crippen MR) is 96.8 cm³/mol. The highest BCUT2D eigenvalue weighted by atomic mass is 15.1. The van der Waals surface area contributed by atoms with Crippen LogP contribution in [-0.2, 0) is 6.54 Å². The Kier molecular flexibility index (Phi) is 4.28. The number of piperidine rings is 1. The predicted octanol–water partition coefficient (Wildman–Crippen LogP) is 2.77. The Bertz CT molecular complexity index is 815. The molecule has 1 aromatic carbocycles. The fourth-order valence-electron chi connectivity index (χ4n) is 3.32. The van der Waals surface area contributed by atoms with Crippen molar-refractivity contribution in [3.63, 3.8) is 0 Å². The monoisotopic (exact) mass is 321 g/mol. The maximum absolute atomic E-state index is 4.41. The number of H-pyrrole nitrogens is 1. The van der Waals surface area contributed by atoms with Crippen LogP contribution in [0.5, 0.6) is 0 Å². The second kappa shape index (κ2) is 6.71. The summed E-state index contributed by atoms with van der Waals surface area (Å²) < 4.78 is 0. The molecular weight excluding hydrogens is 298 g/mol. The highest BCUT2D eigenvalue weighted by Crippen LogP contribution is 2.23. The van der Waals surface area contributed by atoms with Gasteiger partial charge < -0.3 is 15.6 Å². The second-order valence-corrected chi connectivity index (χ2v) is 6.59. The average molecular weight is 321 g/mol. The minimum atomic E-state index is 0.541. The second-order valence-electron chi connectivity index (χ2n) is 6.59. The third kappa shape index (κ3) is 3.32. The van der Waals surface area contributed by atoms with Gasteiger partial charge in [0, 0.05) is 41.3 Å². The number of aromatic amines is 1. The van der Waals surface area contributed by atoms with E-state index >= 15 is 0 Å². The fraction of sp³-hybridized carbons (Fsp3) is 0.368. The third-order valence-corrected chi connectivity index (χ3v) is 4.64. The van der Waals surface area contributed by atoms with Gasteiger partial charge in [-0.15, -0.1) is 0 Å². The van der Waals surface area contributed by atoms with Crippen LogP contribution in [-0.4, -0.2) is 34.3 Å². The van der Waals surface area contributed by atoms with Gasteiger partial charge in [-0.2, -0.15) is 10.2 Å². The van der Waals surface area contributed by atoms with Gasteiger partial charge in [-0.25, -0.2) is 0 Å². The minimum absolute atomic E-state index is 0.541. The van der Waals surface area contributed by atoms with Crippen molar-refractivity contribution in [2.45, 2.75) is 32.4 Å². The van der Waals surface area contributed by atoms with E-state index in [1.54, 1.807) is 0 Å². The Hall–Kier alpha value is -2.24. The number of nitrogens with one attached hydrogen (secondary N) is 3. The summed E-state index contributed by atoms with van der Waals surface area (Å²) in [6.07, 6.45) is 2.47. The van der Waals surface area contributed by atoms with Crippen LogP contribution >= 0.6 is 0 Å². The van der Waals surface area contributed by atoms with Crippen LogP contribution in [0.15, 0.2) is 36.4 Å². The van der Waals surface area contributed by atoms with Gasteiger partial charge in [0.1, 0.15) is 0 Å². The smallest absolute Gasteiger partial charge is 0.0930 e. The molecule has 1 unspecified atom stereocenters. The van der Waals surface area contributed by atoms with Crippen molar-refractivity contribution in [2.24, 2.45) is 0 Å². The Labute approximate surface area is 141 Å². The lowest BCUT2D eigenvalue weighted by Crippen LogP contribution is -2.42. The number of rotatable bonds is 4. The molecule has 5 nitrogen and oxygen atoms in total. The van der Waals surface area contributed by atoms with Crippen molar-refractivity contribution in [1.82, 2.24) is 25.8 Å². The summed E-state index contributed by atoms with van der Waals surface area (Å²) in [5.74, 6) is 0. The van der Waals surface area contributed by atoms with Gasteiger partial charge in [0.05, 0.1) is 11.4 Å². The molecule has 0 saturated carbocycles. The average Bonchev–Trinajstić information content (AvgIpc) is 3.00. The van der Waals surface area contributed by atoms with E-state index in [1.165, 1.54) is 23.9 Å². The Morgan fingerprint density at radius 3 is 2.92 bits per heavy atom. The molecule has 24 heavy (non-hydrogen) atoms. The van der Waals surface area contributed by atoms with Crippen LogP contribution in [0.25, 0.3) is 22.2 Å². The van der Waals surface area contributed by atoms with E-state index < -0.39 is 0 Å². The number of fused-ring (bicyclic) bond motifs is 1. The summed E-state index contributed by atoms with van der Waals surface area (Å²) in [7, 11) is 0. The first kappa shape index (κ1) is 15.3. The van der Waals surface area contributed by atoms with Crippen molar-refractivity contribution < 1.29 is 0 Å². The van der Waals surface area contributed by atoms with Gasteiger partial charge in [-0.3, -0.25) is 0 Å². The lowest BCUT2D eigenvalue weighted by molar-refractivity contribution is 0.387. The Balaban J connectivity index is 1.45. The standard InChI is InChI=1S/C19H23N5/c1-13-9-15-10-14(4-6-18(15)22-13)19-7-5-17(23-24-19)12-21-16-3-2-8-20-11-16/h4-7,9-10,16,20-22H,2-3,8,11-12H2,1H3. The third-order valence-electron chi connectivity index (χ3n) is 4.64. The van der Waals surface area contributed by atoms with Crippen molar-refractivity contribution in [2.75, 3.05) is 13.1 Å². The zero-order valence-electron chi connectivity index (χ0n) is 14.0. The molecule has 0 spiro atoms. The van der Waals surface area contributed by atoms with Crippen LogP contribution in [0.4, 0.5) is 0 Å². The van der Waals surface area contributed by atoms with Crippen LogP contribution in [0.2, 0.25) is 0 Å². The van der Waals surface area contributed by atoms with Gasteiger partial charge in [0.2, 0.25) is 0 Å². The first-order chi connectivity index (χ1) is 11.8.